The quantitative estimate of drug-likeness (QED) is 0.269. The van der Waals surface area contributed by atoms with E-state index in [2.05, 4.69) is 38.1 Å². The van der Waals surface area contributed by atoms with Crippen LogP contribution in [-0.4, -0.2) is 45.6 Å². The van der Waals surface area contributed by atoms with Crippen LogP contribution in [0.25, 0.3) is 0 Å². The average Bonchev–Trinajstić information content (AvgIpc) is 3.13. The molecule has 8 nitrogen and oxygen atoms in total. The van der Waals surface area contributed by atoms with Crippen LogP contribution in [-0.2, 0) is 31.9 Å². The molecule has 25 heavy (non-hydrogen) atoms. The Bertz CT molecular complexity index is 665. The molecule has 0 aliphatic heterocycles. The topological polar surface area (TPSA) is 81.3 Å². The molecule has 0 atom stereocenters. The summed E-state index contributed by atoms with van der Waals surface area (Å²) in [4.78, 5) is 4.64. The first-order valence-corrected chi connectivity index (χ1v) is 8.07. The van der Waals surface area contributed by atoms with E-state index in [-0.39, 0.29) is 24.0 Å². The molecule has 0 saturated carbocycles. The van der Waals surface area contributed by atoms with Gasteiger partial charge >= 0.3 is 0 Å². The molecule has 140 valence electrons. The largest absolute Gasteiger partial charge is 0.385 e. The first-order valence-electron chi connectivity index (χ1n) is 8.07. The van der Waals surface area contributed by atoms with Crippen molar-refractivity contribution in [2.45, 2.75) is 26.4 Å². The van der Waals surface area contributed by atoms with Gasteiger partial charge in [-0.25, -0.2) is 4.99 Å². The van der Waals surface area contributed by atoms with E-state index in [1.54, 1.807) is 7.11 Å². The SMILES string of the molecule is COCCCNC(=NCc1ccn(C)c1)NCc1nnc(C)n1C.I. The van der Waals surface area contributed by atoms with Crippen molar-refractivity contribution >= 4 is 29.9 Å². The van der Waals surface area contributed by atoms with E-state index < -0.39 is 0 Å². The summed E-state index contributed by atoms with van der Waals surface area (Å²) >= 11 is 0. The van der Waals surface area contributed by atoms with E-state index in [4.69, 9.17) is 4.74 Å². The summed E-state index contributed by atoms with van der Waals surface area (Å²) in [5.74, 6) is 2.52. The lowest BCUT2D eigenvalue weighted by Gasteiger charge is -2.12. The third-order valence-corrected chi connectivity index (χ3v) is 3.73. The van der Waals surface area contributed by atoms with E-state index >= 15 is 0 Å². The summed E-state index contributed by atoms with van der Waals surface area (Å²) in [6, 6.07) is 2.07. The first kappa shape index (κ1) is 21.4. The van der Waals surface area contributed by atoms with Crippen molar-refractivity contribution in [2.75, 3.05) is 20.3 Å². The molecule has 0 aliphatic carbocycles. The fourth-order valence-corrected chi connectivity index (χ4v) is 2.19. The van der Waals surface area contributed by atoms with Crippen LogP contribution in [0, 0.1) is 6.92 Å². The fourth-order valence-electron chi connectivity index (χ4n) is 2.19. The monoisotopic (exact) mass is 461 g/mol. The molecule has 0 aromatic carbocycles. The zero-order chi connectivity index (χ0) is 17.4. The van der Waals surface area contributed by atoms with Crippen LogP contribution >= 0.6 is 24.0 Å². The second kappa shape index (κ2) is 11.1. The number of aryl methyl sites for hydroxylation is 2. The van der Waals surface area contributed by atoms with Crippen molar-refractivity contribution in [1.82, 2.24) is 30.0 Å². The second-order valence-corrected chi connectivity index (χ2v) is 5.70. The maximum absolute atomic E-state index is 5.08. The minimum Gasteiger partial charge on any atom is -0.385 e. The van der Waals surface area contributed by atoms with Crippen molar-refractivity contribution in [2.24, 2.45) is 19.1 Å². The second-order valence-electron chi connectivity index (χ2n) is 5.70. The first-order chi connectivity index (χ1) is 11.6. The summed E-state index contributed by atoms with van der Waals surface area (Å²) in [6.45, 7) is 4.65. The van der Waals surface area contributed by atoms with Gasteiger partial charge in [0.2, 0.25) is 0 Å². The molecule has 2 N–H and O–H groups in total. The van der Waals surface area contributed by atoms with Gasteiger partial charge in [0.1, 0.15) is 5.82 Å². The maximum atomic E-state index is 5.08. The molecule has 9 heteroatoms. The molecule has 2 rings (SSSR count). The average molecular weight is 461 g/mol. The van der Waals surface area contributed by atoms with Crippen molar-refractivity contribution in [3.8, 4) is 0 Å². The third-order valence-electron chi connectivity index (χ3n) is 3.73. The van der Waals surface area contributed by atoms with Crippen molar-refractivity contribution in [1.29, 1.82) is 0 Å². The van der Waals surface area contributed by atoms with Crippen LogP contribution in [0.3, 0.4) is 0 Å². The van der Waals surface area contributed by atoms with Crippen LogP contribution in [0.1, 0.15) is 23.6 Å². The Labute approximate surface area is 166 Å². The normalized spacial score (nSPS) is 11.3. The number of ether oxygens (including phenoxy) is 1. The van der Waals surface area contributed by atoms with Gasteiger partial charge in [0, 0.05) is 46.8 Å². The number of halogens is 1. The van der Waals surface area contributed by atoms with Gasteiger partial charge in [-0.2, -0.15) is 0 Å². The summed E-state index contributed by atoms with van der Waals surface area (Å²) in [5, 5.41) is 14.9. The molecule has 0 radical (unpaired) electrons. The molecular weight excluding hydrogens is 433 g/mol. The number of aliphatic imine (C=N–C) groups is 1. The zero-order valence-corrected chi connectivity index (χ0v) is 17.7. The van der Waals surface area contributed by atoms with Crippen molar-refractivity contribution in [3.63, 3.8) is 0 Å². The molecular formula is C16H28IN7O. The molecule has 2 aromatic rings. The van der Waals surface area contributed by atoms with Crippen molar-refractivity contribution < 1.29 is 4.74 Å². The highest BCUT2D eigenvalue weighted by molar-refractivity contribution is 14.0. The third kappa shape index (κ3) is 7.02. The smallest absolute Gasteiger partial charge is 0.191 e. The number of hydrogen-bond acceptors (Lipinski definition) is 4. The molecule has 2 aromatic heterocycles. The Morgan fingerprint density at radius 1 is 1.28 bits per heavy atom. The Morgan fingerprint density at radius 3 is 2.68 bits per heavy atom. The molecule has 0 aliphatic rings. The standard InChI is InChI=1S/C16H27N7O.HI/c1-13-20-21-15(23(13)3)11-19-16(17-7-5-9-24-4)18-10-14-6-8-22(2)12-14;/h6,8,12H,5,7,9-11H2,1-4H3,(H2,17,18,19);1H. The van der Waals surface area contributed by atoms with Gasteiger partial charge in [0.25, 0.3) is 0 Å². The minimum absolute atomic E-state index is 0. The molecule has 0 bridgehead atoms. The number of rotatable bonds is 8. The highest BCUT2D eigenvalue weighted by Crippen LogP contribution is 2.01. The number of nitrogens with zero attached hydrogens (tertiary/aromatic N) is 5. The number of methoxy groups -OCH3 is 1. The molecule has 0 fully saturated rings. The molecule has 0 unspecified atom stereocenters. The Morgan fingerprint density at radius 2 is 2.08 bits per heavy atom. The number of nitrogens with one attached hydrogen (secondary N) is 2. The molecule has 0 amide bonds. The highest BCUT2D eigenvalue weighted by atomic mass is 127. The van der Waals surface area contributed by atoms with E-state index in [0.717, 1.165) is 37.2 Å². The lowest BCUT2D eigenvalue weighted by molar-refractivity contribution is 0.195. The maximum Gasteiger partial charge on any atom is 0.191 e. The lowest BCUT2D eigenvalue weighted by atomic mass is 10.3. The van der Waals surface area contributed by atoms with E-state index in [1.807, 2.05) is 36.4 Å². The van der Waals surface area contributed by atoms with Gasteiger partial charge in [-0.05, 0) is 25.0 Å². The van der Waals surface area contributed by atoms with Crippen LogP contribution in [0.5, 0.6) is 0 Å². The Balaban J connectivity index is 0.00000312. The predicted molar refractivity (Wildman–Crippen MR) is 109 cm³/mol. The zero-order valence-electron chi connectivity index (χ0n) is 15.3. The Kier molecular flexibility index (Phi) is 9.50. The summed E-state index contributed by atoms with van der Waals surface area (Å²) in [6.07, 6.45) is 5.01. The van der Waals surface area contributed by atoms with Crippen LogP contribution in [0.15, 0.2) is 23.5 Å². The summed E-state index contributed by atoms with van der Waals surface area (Å²) in [7, 11) is 5.67. The summed E-state index contributed by atoms with van der Waals surface area (Å²) in [5.41, 5.74) is 1.17. The van der Waals surface area contributed by atoms with Crippen LogP contribution in [0.2, 0.25) is 0 Å². The number of aromatic nitrogens is 4. The summed E-state index contributed by atoms with van der Waals surface area (Å²) < 4.78 is 9.06. The van der Waals surface area contributed by atoms with Gasteiger partial charge < -0.3 is 24.5 Å². The molecule has 0 saturated heterocycles. The molecule has 0 spiro atoms. The van der Waals surface area contributed by atoms with Gasteiger partial charge in [0.15, 0.2) is 11.8 Å². The van der Waals surface area contributed by atoms with Gasteiger partial charge in [-0.1, -0.05) is 0 Å². The predicted octanol–water partition coefficient (Wildman–Crippen LogP) is 1.35. The van der Waals surface area contributed by atoms with E-state index in [0.29, 0.717) is 13.1 Å². The minimum atomic E-state index is 0. The number of hydrogen-bond donors (Lipinski definition) is 2. The Hall–Kier alpha value is -1.62. The van der Waals surface area contributed by atoms with Crippen LogP contribution < -0.4 is 10.6 Å². The number of guanidine groups is 1. The van der Waals surface area contributed by atoms with E-state index in [1.165, 1.54) is 5.56 Å². The van der Waals surface area contributed by atoms with Crippen LogP contribution in [0.4, 0.5) is 0 Å². The fraction of sp³-hybridized carbons (Fsp3) is 0.562. The lowest BCUT2D eigenvalue weighted by Crippen LogP contribution is -2.38. The van der Waals surface area contributed by atoms with Gasteiger partial charge in [-0.3, -0.25) is 0 Å². The highest BCUT2D eigenvalue weighted by Gasteiger charge is 2.06. The van der Waals surface area contributed by atoms with Gasteiger partial charge in [-0.15, -0.1) is 34.2 Å². The van der Waals surface area contributed by atoms with Gasteiger partial charge in [0.05, 0.1) is 13.1 Å². The van der Waals surface area contributed by atoms with Crippen molar-refractivity contribution in [3.05, 3.63) is 35.7 Å². The van der Waals surface area contributed by atoms with E-state index in [9.17, 15) is 0 Å². The molecule has 2 heterocycles.